The molecule has 0 radical (unpaired) electrons. The Morgan fingerprint density at radius 2 is 1.79 bits per heavy atom. The van der Waals surface area contributed by atoms with Gasteiger partial charge in [0, 0.05) is 35.1 Å². The Kier molecular flexibility index (Phi) is 9.26. The summed E-state index contributed by atoms with van der Waals surface area (Å²) >= 11 is 1.54. The Morgan fingerprint density at radius 3 is 2.47 bits per heavy atom. The largest absolute Gasteiger partial charge is 0.391 e. The van der Waals surface area contributed by atoms with E-state index >= 15 is 0 Å². The number of nitriles is 1. The smallest absolute Gasteiger partial charge is 0.262 e. The molecule has 3 aromatic rings. The summed E-state index contributed by atoms with van der Waals surface area (Å²) in [4.78, 5) is 16.6. The molecule has 3 rings (SSSR count). The molecule has 2 aromatic carbocycles. The lowest BCUT2D eigenvalue weighted by molar-refractivity contribution is -0.117. The van der Waals surface area contributed by atoms with Crippen LogP contribution in [0, 0.1) is 11.3 Å². The third kappa shape index (κ3) is 6.47. The van der Waals surface area contributed by atoms with E-state index in [9.17, 15) is 15.2 Å². The van der Waals surface area contributed by atoms with Crippen molar-refractivity contribution in [1.82, 2.24) is 5.32 Å². The number of hydrogen-bond acceptors (Lipinski definition) is 5. The summed E-state index contributed by atoms with van der Waals surface area (Å²) < 4.78 is 0. The lowest BCUT2D eigenvalue weighted by Gasteiger charge is -2.24. The number of rotatable bonds is 11. The number of aliphatic hydroxyl groups is 1. The van der Waals surface area contributed by atoms with Crippen LogP contribution < -0.4 is 10.2 Å². The number of hydrogen-bond donors (Lipinski definition) is 2. The van der Waals surface area contributed by atoms with E-state index in [4.69, 9.17) is 0 Å². The molecule has 34 heavy (non-hydrogen) atoms. The van der Waals surface area contributed by atoms with Crippen LogP contribution in [-0.4, -0.2) is 36.8 Å². The van der Waals surface area contributed by atoms with Crippen LogP contribution in [0.2, 0.25) is 0 Å². The van der Waals surface area contributed by atoms with Crippen molar-refractivity contribution in [1.29, 1.82) is 5.26 Å². The van der Waals surface area contributed by atoms with Gasteiger partial charge in [0.05, 0.1) is 6.10 Å². The molecule has 1 heterocycles. The number of aliphatic hydroxyl groups excluding tert-OH is 1. The van der Waals surface area contributed by atoms with Gasteiger partial charge in [-0.15, -0.1) is 11.3 Å². The van der Waals surface area contributed by atoms with Crippen LogP contribution in [0.15, 0.2) is 54.1 Å². The van der Waals surface area contributed by atoms with Gasteiger partial charge in [0.2, 0.25) is 0 Å². The van der Waals surface area contributed by atoms with Crippen LogP contribution in [0.3, 0.4) is 0 Å². The molecule has 0 aliphatic rings. The monoisotopic (exact) mass is 475 g/mol. The van der Waals surface area contributed by atoms with Gasteiger partial charge in [-0.2, -0.15) is 5.26 Å². The van der Waals surface area contributed by atoms with Crippen LogP contribution >= 0.6 is 11.3 Å². The minimum atomic E-state index is -0.609. The van der Waals surface area contributed by atoms with Gasteiger partial charge < -0.3 is 15.3 Å². The summed E-state index contributed by atoms with van der Waals surface area (Å²) in [6, 6.07) is 19.0. The fourth-order valence-corrected chi connectivity index (χ4v) is 4.77. The zero-order valence-electron chi connectivity index (χ0n) is 20.2. The van der Waals surface area contributed by atoms with Gasteiger partial charge in [-0.1, -0.05) is 39.0 Å². The second-order valence-electron chi connectivity index (χ2n) is 8.38. The van der Waals surface area contributed by atoms with Crippen molar-refractivity contribution in [2.45, 2.75) is 46.1 Å². The molecule has 0 fully saturated rings. The van der Waals surface area contributed by atoms with E-state index in [0.29, 0.717) is 6.42 Å². The Labute approximate surface area is 206 Å². The summed E-state index contributed by atoms with van der Waals surface area (Å²) in [5.41, 5.74) is 2.41. The van der Waals surface area contributed by atoms with Crippen molar-refractivity contribution in [3.63, 3.8) is 0 Å². The first-order valence-electron chi connectivity index (χ1n) is 12.0. The van der Waals surface area contributed by atoms with Crippen molar-refractivity contribution in [3.8, 4) is 16.5 Å². The van der Waals surface area contributed by atoms with Crippen LogP contribution in [-0.2, 0) is 4.79 Å². The number of benzene rings is 2. The first-order valence-corrected chi connectivity index (χ1v) is 12.8. The lowest BCUT2D eigenvalue weighted by atomic mass is 10.0. The second kappa shape index (κ2) is 12.4. The summed E-state index contributed by atoms with van der Waals surface area (Å²) in [6.07, 6.45) is 3.79. The van der Waals surface area contributed by atoms with Crippen LogP contribution in [0.5, 0.6) is 0 Å². The highest BCUT2D eigenvalue weighted by Gasteiger charge is 2.12. The van der Waals surface area contributed by atoms with Gasteiger partial charge in [0.25, 0.3) is 5.91 Å². The molecule has 0 saturated carbocycles. The number of amides is 1. The molecule has 1 amide bonds. The van der Waals surface area contributed by atoms with Gasteiger partial charge in [0.1, 0.15) is 11.6 Å². The maximum absolute atomic E-state index is 12.3. The van der Waals surface area contributed by atoms with Crippen molar-refractivity contribution >= 4 is 39.8 Å². The molecule has 1 aromatic heterocycles. The van der Waals surface area contributed by atoms with E-state index in [2.05, 4.69) is 60.5 Å². The molecular weight excluding hydrogens is 442 g/mol. The van der Waals surface area contributed by atoms with Gasteiger partial charge in [-0.25, -0.2) is 0 Å². The molecule has 0 aliphatic heterocycles. The van der Waals surface area contributed by atoms with Gasteiger partial charge >= 0.3 is 0 Å². The highest BCUT2D eigenvalue weighted by Crippen LogP contribution is 2.32. The van der Waals surface area contributed by atoms with Crippen LogP contribution in [0.25, 0.3) is 27.3 Å². The van der Waals surface area contributed by atoms with Gasteiger partial charge in [-0.3, -0.25) is 4.79 Å². The number of fused-ring (bicyclic) bond motifs is 1. The quantitative estimate of drug-likeness (QED) is 0.264. The molecule has 1 atom stereocenters. The van der Waals surface area contributed by atoms with Crippen LogP contribution in [0.4, 0.5) is 5.69 Å². The van der Waals surface area contributed by atoms with E-state index in [1.54, 1.807) is 17.4 Å². The first-order chi connectivity index (χ1) is 16.5. The fraction of sp³-hybridized carbons (Fsp3) is 0.357. The fourth-order valence-electron chi connectivity index (χ4n) is 3.82. The molecule has 1 unspecified atom stereocenters. The number of nitrogens with zero attached hydrogens (tertiary/aromatic N) is 2. The minimum Gasteiger partial charge on any atom is -0.391 e. The first kappa shape index (κ1) is 25.5. The number of carbonyl (C=O) groups excluding carboxylic acids is 1. The zero-order chi connectivity index (χ0) is 24.5. The molecular formula is C28H33N3O2S. The Morgan fingerprint density at radius 1 is 1.09 bits per heavy atom. The number of thiophene rings is 1. The maximum Gasteiger partial charge on any atom is 0.262 e. The molecule has 0 aliphatic carbocycles. The van der Waals surface area contributed by atoms with E-state index in [0.717, 1.165) is 41.2 Å². The van der Waals surface area contributed by atoms with Crippen molar-refractivity contribution < 1.29 is 9.90 Å². The van der Waals surface area contributed by atoms with Crippen LogP contribution in [0.1, 0.15) is 44.9 Å². The zero-order valence-corrected chi connectivity index (χ0v) is 21.0. The van der Waals surface area contributed by atoms with Crippen molar-refractivity contribution in [2.24, 2.45) is 0 Å². The molecule has 6 heteroatoms. The van der Waals surface area contributed by atoms with E-state index in [1.165, 1.54) is 16.5 Å². The highest BCUT2D eigenvalue weighted by molar-refractivity contribution is 7.16. The van der Waals surface area contributed by atoms with E-state index in [1.807, 2.05) is 25.1 Å². The summed E-state index contributed by atoms with van der Waals surface area (Å²) in [7, 11) is 0. The average molecular weight is 476 g/mol. The number of nitrogens with one attached hydrogen (secondary N) is 1. The van der Waals surface area contributed by atoms with E-state index in [-0.39, 0.29) is 12.1 Å². The van der Waals surface area contributed by atoms with Gasteiger partial charge in [0.15, 0.2) is 0 Å². The summed E-state index contributed by atoms with van der Waals surface area (Å²) in [6.45, 7) is 8.52. The van der Waals surface area contributed by atoms with E-state index < -0.39 is 12.0 Å². The number of anilines is 1. The molecule has 5 nitrogen and oxygen atoms in total. The van der Waals surface area contributed by atoms with Crippen molar-refractivity contribution in [2.75, 3.05) is 24.5 Å². The summed E-state index contributed by atoms with van der Waals surface area (Å²) in [5.74, 6) is -0.466. The third-order valence-corrected chi connectivity index (χ3v) is 6.79. The van der Waals surface area contributed by atoms with Crippen molar-refractivity contribution in [3.05, 3.63) is 59.0 Å². The third-order valence-electron chi connectivity index (χ3n) is 5.71. The Balaban J connectivity index is 1.80. The standard InChI is InChI=1S/C28H33N3O2S/c1-4-13-31(14-5-2)24-10-9-20-15-22(8-7-21(20)16-24)27-12-11-26(34-27)17-23(18-29)28(33)30-19-25(32)6-3/h7-12,15-17,25,32H,4-6,13-14,19H2,1-3H3,(H,30,33)/b23-17+. The molecule has 0 spiro atoms. The normalized spacial score (nSPS) is 12.4. The Bertz CT molecular complexity index is 1190. The average Bonchev–Trinajstić information content (AvgIpc) is 3.33. The van der Waals surface area contributed by atoms with Gasteiger partial charge in [-0.05, 0) is 72.0 Å². The lowest BCUT2D eigenvalue weighted by Crippen LogP contribution is -2.32. The second-order valence-corrected chi connectivity index (χ2v) is 9.49. The SMILES string of the molecule is CCCN(CCC)c1ccc2cc(-c3ccc(/C=C(\C#N)C(=O)NCC(O)CC)s3)ccc2c1. The highest BCUT2D eigenvalue weighted by atomic mass is 32.1. The maximum atomic E-state index is 12.3. The predicted octanol–water partition coefficient (Wildman–Crippen LogP) is 5.99. The topological polar surface area (TPSA) is 76.4 Å². The molecule has 0 saturated heterocycles. The Hall–Kier alpha value is -3.14. The molecule has 178 valence electrons. The molecule has 0 bridgehead atoms. The minimum absolute atomic E-state index is 0.0338. The summed E-state index contributed by atoms with van der Waals surface area (Å²) in [5, 5.41) is 24.1. The number of carbonyl (C=O) groups is 1. The predicted molar refractivity (Wildman–Crippen MR) is 143 cm³/mol. The molecule has 2 N–H and O–H groups in total.